The monoisotopic (exact) mass is 256 g/mol. The van der Waals surface area contributed by atoms with Gasteiger partial charge in [-0.1, -0.05) is 26.7 Å². The van der Waals surface area contributed by atoms with E-state index in [1.807, 2.05) is 6.92 Å². The molecule has 1 aliphatic rings. The molecule has 4 heteroatoms. The fraction of sp³-hybridized carbons (Fsp3) is 0.929. The molecule has 1 atom stereocenters. The molecule has 3 N–H and O–H groups in total. The lowest BCUT2D eigenvalue weighted by Gasteiger charge is -2.29. The summed E-state index contributed by atoms with van der Waals surface area (Å²) >= 11 is 0. The molecule has 106 valence electrons. The van der Waals surface area contributed by atoms with Gasteiger partial charge in [-0.3, -0.25) is 4.79 Å². The summed E-state index contributed by atoms with van der Waals surface area (Å²) in [5.41, 5.74) is 4.87. The van der Waals surface area contributed by atoms with E-state index >= 15 is 0 Å². The second-order valence-electron chi connectivity index (χ2n) is 5.49. The number of hydrogen-bond donors (Lipinski definition) is 2. The number of carboxylic acid groups (broad SMARTS) is 1. The Labute approximate surface area is 111 Å². The van der Waals surface area contributed by atoms with Crippen LogP contribution in [0, 0.1) is 0 Å². The molecule has 0 aromatic heterocycles. The third-order valence-electron chi connectivity index (χ3n) is 4.37. The van der Waals surface area contributed by atoms with Crippen LogP contribution in [0.1, 0.15) is 58.8 Å². The standard InChI is InChI=1S/C14H28N2O2/c1-3-14(15,13(17)18)10-7-11-16(4-2)12-8-5-6-9-12/h12H,3-11,15H2,1-2H3,(H,17,18). The molecule has 0 aromatic rings. The van der Waals surface area contributed by atoms with Crippen molar-refractivity contribution in [3.05, 3.63) is 0 Å². The molecule has 18 heavy (non-hydrogen) atoms. The SMILES string of the molecule is CCN(CCCC(N)(CC)C(=O)O)C1CCCC1. The summed E-state index contributed by atoms with van der Waals surface area (Å²) in [6.07, 6.45) is 7.22. The van der Waals surface area contributed by atoms with Gasteiger partial charge in [0.2, 0.25) is 0 Å². The summed E-state index contributed by atoms with van der Waals surface area (Å²) in [6, 6.07) is 0.716. The molecule has 1 saturated carbocycles. The molecule has 0 bridgehead atoms. The highest BCUT2D eigenvalue weighted by atomic mass is 16.4. The molecule has 1 fully saturated rings. The fourth-order valence-electron chi connectivity index (χ4n) is 2.90. The van der Waals surface area contributed by atoms with E-state index in [0.717, 1.165) is 19.5 Å². The summed E-state index contributed by atoms with van der Waals surface area (Å²) in [6.45, 7) is 6.07. The molecule has 0 heterocycles. The predicted molar refractivity (Wildman–Crippen MR) is 73.6 cm³/mol. The summed E-state index contributed by atoms with van der Waals surface area (Å²) in [4.78, 5) is 13.6. The molecule has 1 aliphatic carbocycles. The molecule has 0 spiro atoms. The van der Waals surface area contributed by atoms with Crippen molar-refractivity contribution in [2.75, 3.05) is 13.1 Å². The average molecular weight is 256 g/mol. The number of nitrogens with two attached hydrogens (primary N) is 1. The van der Waals surface area contributed by atoms with Crippen molar-refractivity contribution in [1.29, 1.82) is 0 Å². The van der Waals surface area contributed by atoms with Crippen LogP contribution < -0.4 is 5.73 Å². The van der Waals surface area contributed by atoms with Crippen LogP contribution in [0.3, 0.4) is 0 Å². The maximum Gasteiger partial charge on any atom is 0.323 e. The first-order valence-electron chi connectivity index (χ1n) is 7.29. The van der Waals surface area contributed by atoms with Crippen LogP contribution in [-0.2, 0) is 4.79 Å². The van der Waals surface area contributed by atoms with Crippen molar-refractivity contribution in [2.24, 2.45) is 5.73 Å². The molecule has 0 aromatic carbocycles. The number of carboxylic acids is 1. The summed E-state index contributed by atoms with van der Waals surface area (Å²) in [7, 11) is 0. The van der Waals surface area contributed by atoms with E-state index < -0.39 is 11.5 Å². The Morgan fingerprint density at radius 1 is 1.39 bits per heavy atom. The van der Waals surface area contributed by atoms with Crippen molar-refractivity contribution >= 4 is 5.97 Å². The summed E-state index contributed by atoms with van der Waals surface area (Å²) in [5.74, 6) is -0.867. The van der Waals surface area contributed by atoms with Crippen LogP contribution in [0.2, 0.25) is 0 Å². The van der Waals surface area contributed by atoms with E-state index in [0.29, 0.717) is 18.9 Å². The van der Waals surface area contributed by atoms with Gasteiger partial charge in [-0.2, -0.15) is 0 Å². The zero-order valence-electron chi connectivity index (χ0n) is 11.8. The van der Waals surface area contributed by atoms with E-state index in [4.69, 9.17) is 10.8 Å². The second kappa shape index (κ2) is 7.10. The Balaban J connectivity index is 2.36. The largest absolute Gasteiger partial charge is 0.480 e. The molecular weight excluding hydrogens is 228 g/mol. The van der Waals surface area contributed by atoms with Gasteiger partial charge < -0.3 is 15.7 Å². The number of carbonyl (C=O) groups is 1. The van der Waals surface area contributed by atoms with Gasteiger partial charge in [0.05, 0.1) is 0 Å². The molecule has 0 amide bonds. The number of nitrogens with zero attached hydrogens (tertiary/aromatic N) is 1. The van der Waals surface area contributed by atoms with Crippen molar-refractivity contribution in [3.8, 4) is 0 Å². The van der Waals surface area contributed by atoms with Gasteiger partial charge in [0.1, 0.15) is 5.54 Å². The minimum Gasteiger partial charge on any atom is -0.480 e. The normalized spacial score (nSPS) is 20.2. The van der Waals surface area contributed by atoms with E-state index in [2.05, 4.69) is 11.8 Å². The van der Waals surface area contributed by atoms with Crippen LogP contribution >= 0.6 is 0 Å². The van der Waals surface area contributed by atoms with E-state index in [1.165, 1.54) is 25.7 Å². The third-order valence-corrected chi connectivity index (χ3v) is 4.37. The van der Waals surface area contributed by atoms with Gasteiger partial charge >= 0.3 is 5.97 Å². The van der Waals surface area contributed by atoms with Crippen molar-refractivity contribution in [2.45, 2.75) is 70.4 Å². The van der Waals surface area contributed by atoms with Crippen LogP contribution in [0.5, 0.6) is 0 Å². The summed E-state index contributed by atoms with van der Waals surface area (Å²) < 4.78 is 0. The smallest absolute Gasteiger partial charge is 0.323 e. The van der Waals surface area contributed by atoms with E-state index in [-0.39, 0.29) is 0 Å². The molecule has 1 rings (SSSR count). The summed E-state index contributed by atoms with van der Waals surface area (Å²) in [5, 5.41) is 9.13. The lowest BCUT2D eigenvalue weighted by atomic mass is 9.91. The van der Waals surface area contributed by atoms with Gasteiger partial charge in [0, 0.05) is 6.04 Å². The molecule has 0 radical (unpaired) electrons. The second-order valence-corrected chi connectivity index (χ2v) is 5.49. The van der Waals surface area contributed by atoms with Gasteiger partial charge in [0.25, 0.3) is 0 Å². The number of hydrogen-bond acceptors (Lipinski definition) is 3. The first kappa shape index (κ1) is 15.4. The Bertz CT molecular complexity index is 265. The lowest BCUT2D eigenvalue weighted by Crippen LogP contribution is -2.48. The van der Waals surface area contributed by atoms with Crippen LogP contribution in [0.25, 0.3) is 0 Å². The average Bonchev–Trinajstić information content (AvgIpc) is 2.87. The maximum absolute atomic E-state index is 11.1. The zero-order chi connectivity index (χ0) is 13.6. The van der Waals surface area contributed by atoms with Crippen molar-refractivity contribution in [1.82, 2.24) is 4.90 Å². The molecule has 1 unspecified atom stereocenters. The Morgan fingerprint density at radius 2 is 2.00 bits per heavy atom. The van der Waals surface area contributed by atoms with E-state index in [1.54, 1.807) is 0 Å². The van der Waals surface area contributed by atoms with Gasteiger partial charge in [-0.25, -0.2) is 0 Å². The first-order chi connectivity index (χ1) is 8.53. The Hall–Kier alpha value is -0.610. The van der Waals surface area contributed by atoms with Gasteiger partial charge in [0.15, 0.2) is 0 Å². The quantitative estimate of drug-likeness (QED) is 0.699. The molecular formula is C14H28N2O2. The topological polar surface area (TPSA) is 66.6 Å². The van der Waals surface area contributed by atoms with E-state index in [9.17, 15) is 4.79 Å². The van der Waals surface area contributed by atoms with Crippen LogP contribution in [0.4, 0.5) is 0 Å². The van der Waals surface area contributed by atoms with Gasteiger partial charge in [-0.05, 0) is 45.2 Å². The maximum atomic E-state index is 11.1. The highest BCUT2D eigenvalue weighted by Gasteiger charge is 2.31. The molecule has 4 nitrogen and oxygen atoms in total. The highest BCUT2D eigenvalue weighted by molar-refractivity contribution is 5.78. The first-order valence-corrected chi connectivity index (χ1v) is 7.29. The molecule has 0 saturated heterocycles. The third kappa shape index (κ3) is 3.95. The fourth-order valence-corrected chi connectivity index (χ4v) is 2.90. The predicted octanol–water partition coefficient (Wildman–Crippen LogP) is 2.22. The Kier molecular flexibility index (Phi) is 6.09. The van der Waals surface area contributed by atoms with Crippen molar-refractivity contribution < 1.29 is 9.90 Å². The van der Waals surface area contributed by atoms with Gasteiger partial charge in [-0.15, -0.1) is 0 Å². The number of rotatable bonds is 8. The van der Waals surface area contributed by atoms with Crippen LogP contribution in [-0.4, -0.2) is 40.6 Å². The lowest BCUT2D eigenvalue weighted by molar-refractivity contribution is -0.143. The minimum absolute atomic E-state index is 0.498. The molecule has 0 aliphatic heterocycles. The van der Waals surface area contributed by atoms with Crippen LogP contribution in [0.15, 0.2) is 0 Å². The highest BCUT2D eigenvalue weighted by Crippen LogP contribution is 2.24. The Morgan fingerprint density at radius 3 is 2.44 bits per heavy atom. The number of aliphatic carboxylic acids is 1. The minimum atomic E-state index is -1.03. The zero-order valence-corrected chi connectivity index (χ0v) is 11.8. The van der Waals surface area contributed by atoms with Crippen molar-refractivity contribution in [3.63, 3.8) is 0 Å².